The minimum Gasteiger partial charge on any atom is -0.436 e. The van der Waals surface area contributed by atoms with Crippen LogP contribution >= 0.6 is 0 Å². The van der Waals surface area contributed by atoms with Crippen LogP contribution in [0.2, 0.25) is 0 Å². The number of nitrogens with zero attached hydrogens (tertiary/aromatic N) is 5. The van der Waals surface area contributed by atoms with Gasteiger partial charge in [-0.05, 0) is 31.2 Å². The minimum atomic E-state index is -1.77. The lowest BCUT2D eigenvalue weighted by Gasteiger charge is -2.06. The van der Waals surface area contributed by atoms with Gasteiger partial charge in [-0.1, -0.05) is 0 Å². The zero-order valence-electron chi connectivity index (χ0n) is 15.3. The molecule has 0 bridgehead atoms. The van der Waals surface area contributed by atoms with Gasteiger partial charge in [0.05, 0.1) is 16.9 Å². The summed E-state index contributed by atoms with van der Waals surface area (Å²) in [6.07, 6.45) is 1.42. The van der Waals surface area contributed by atoms with Crippen LogP contribution in [0.5, 0.6) is 0 Å². The van der Waals surface area contributed by atoms with Gasteiger partial charge in [-0.15, -0.1) is 5.10 Å². The third-order valence-corrected chi connectivity index (χ3v) is 4.07. The van der Waals surface area contributed by atoms with Crippen LogP contribution < -0.4 is 10.9 Å². The second-order valence-electron chi connectivity index (χ2n) is 6.20. The van der Waals surface area contributed by atoms with E-state index in [-0.39, 0.29) is 28.5 Å². The van der Waals surface area contributed by atoms with Crippen molar-refractivity contribution in [1.82, 2.24) is 24.6 Å². The van der Waals surface area contributed by atoms with Crippen LogP contribution in [0.3, 0.4) is 0 Å². The Morgan fingerprint density at radius 3 is 2.69 bits per heavy atom. The van der Waals surface area contributed by atoms with Crippen molar-refractivity contribution in [2.45, 2.75) is 13.8 Å². The van der Waals surface area contributed by atoms with Crippen LogP contribution in [0.1, 0.15) is 22.1 Å². The molecule has 146 valence electrons. The minimum absolute atomic E-state index is 0.0161. The van der Waals surface area contributed by atoms with Crippen molar-refractivity contribution in [2.24, 2.45) is 0 Å². The van der Waals surface area contributed by atoms with Gasteiger partial charge in [0.1, 0.15) is 5.82 Å². The first kappa shape index (κ1) is 18.7. The zero-order valence-corrected chi connectivity index (χ0v) is 15.3. The fourth-order valence-electron chi connectivity index (χ4n) is 2.75. The summed E-state index contributed by atoms with van der Waals surface area (Å²) >= 11 is 0. The summed E-state index contributed by atoms with van der Waals surface area (Å²) < 4.78 is 20.9. The maximum Gasteiger partial charge on any atom is 0.508 e. The number of carbonyl (C=O) groups is 1. The summed E-state index contributed by atoms with van der Waals surface area (Å²) in [6.45, 7) is 3.27. The molecule has 3 heterocycles. The van der Waals surface area contributed by atoms with Crippen molar-refractivity contribution in [2.75, 3.05) is 5.32 Å². The molecule has 4 aromatic rings. The normalized spacial score (nSPS) is 11.1. The molecule has 10 nitrogen and oxygen atoms in total. The lowest BCUT2D eigenvalue weighted by molar-refractivity contribution is 0.0994. The fraction of sp³-hybridized carbons (Fsp3) is 0.118. The van der Waals surface area contributed by atoms with Crippen LogP contribution in [-0.4, -0.2) is 47.6 Å². The van der Waals surface area contributed by atoms with Gasteiger partial charge in [-0.2, -0.15) is 4.98 Å². The highest BCUT2D eigenvalue weighted by atomic mass is 19.1. The van der Waals surface area contributed by atoms with Crippen molar-refractivity contribution in [3.8, 4) is 11.4 Å². The maximum absolute atomic E-state index is 14.4. The SMILES string of the molecule is Cc1nc(C)c(C(=O)Nc2ccc(F)c(-c3nc4nc(B(O)O)ccn4n3)c2)o1. The molecular formula is C17H14BFN6O4. The van der Waals surface area contributed by atoms with Gasteiger partial charge in [0, 0.05) is 18.8 Å². The predicted molar refractivity (Wildman–Crippen MR) is 99.9 cm³/mol. The number of benzene rings is 1. The van der Waals surface area contributed by atoms with Gasteiger partial charge in [0.2, 0.25) is 5.76 Å². The first-order valence-electron chi connectivity index (χ1n) is 8.46. The van der Waals surface area contributed by atoms with E-state index in [0.29, 0.717) is 17.3 Å². The van der Waals surface area contributed by atoms with E-state index in [9.17, 15) is 19.2 Å². The molecule has 0 unspecified atom stereocenters. The van der Waals surface area contributed by atoms with Crippen LogP contribution in [0, 0.1) is 19.7 Å². The quantitative estimate of drug-likeness (QED) is 0.423. The Balaban J connectivity index is 1.67. The fourth-order valence-corrected chi connectivity index (χ4v) is 2.75. The van der Waals surface area contributed by atoms with Crippen LogP contribution in [0.25, 0.3) is 17.2 Å². The number of carbonyl (C=O) groups excluding carboxylic acids is 1. The number of amides is 1. The molecule has 0 saturated carbocycles. The number of oxazole rings is 1. The molecule has 0 aliphatic rings. The van der Waals surface area contributed by atoms with E-state index >= 15 is 0 Å². The van der Waals surface area contributed by atoms with E-state index < -0.39 is 18.8 Å². The Morgan fingerprint density at radius 2 is 2.00 bits per heavy atom. The number of hydrogen-bond acceptors (Lipinski definition) is 8. The third-order valence-electron chi connectivity index (χ3n) is 4.07. The number of aryl methyl sites for hydroxylation is 2. The van der Waals surface area contributed by atoms with Crippen LogP contribution in [-0.2, 0) is 0 Å². The highest BCUT2D eigenvalue weighted by Gasteiger charge is 2.19. The van der Waals surface area contributed by atoms with E-state index in [0.717, 1.165) is 0 Å². The molecule has 1 amide bonds. The Morgan fingerprint density at radius 1 is 1.21 bits per heavy atom. The van der Waals surface area contributed by atoms with Gasteiger partial charge in [0.15, 0.2) is 11.7 Å². The molecule has 0 spiro atoms. The van der Waals surface area contributed by atoms with Gasteiger partial charge in [0.25, 0.3) is 11.7 Å². The summed E-state index contributed by atoms with van der Waals surface area (Å²) in [4.78, 5) is 24.5. The number of nitrogens with one attached hydrogen (secondary N) is 1. The predicted octanol–water partition coefficient (Wildman–Crippen LogP) is 0.467. The molecule has 4 rings (SSSR count). The van der Waals surface area contributed by atoms with E-state index in [1.807, 2.05) is 0 Å². The summed E-state index contributed by atoms with van der Waals surface area (Å²) in [6, 6.07) is 5.29. The molecule has 3 N–H and O–H groups in total. The van der Waals surface area contributed by atoms with E-state index in [2.05, 4.69) is 25.4 Å². The molecule has 0 aliphatic carbocycles. The van der Waals surface area contributed by atoms with Crippen molar-refractivity contribution >= 4 is 30.1 Å². The van der Waals surface area contributed by atoms with E-state index in [1.54, 1.807) is 13.8 Å². The summed E-state index contributed by atoms with van der Waals surface area (Å²) in [5.74, 6) is -0.617. The molecule has 29 heavy (non-hydrogen) atoms. The molecule has 1 aromatic carbocycles. The highest BCUT2D eigenvalue weighted by molar-refractivity contribution is 6.57. The Labute approximate surface area is 163 Å². The van der Waals surface area contributed by atoms with Crippen molar-refractivity contribution in [1.29, 1.82) is 0 Å². The second-order valence-corrected chi connectivity index (χ2v) is 6.20. The summed E-state index contributed by atoms with van der Waals surface area (Å²) in [7, 11) is -1.77. The van der Waals surface area contributed by atoms with Crippen LogP contribution in [0.15, 0.2) is 34.9 Å². The largest absolute Gasteiger partial charge is 0.508 e. The van der Waals surface area contributed by atoms with Gasteiger partial charge < -0.3 is 19.8 Å². The number of aromatic nitrogens is 5. The molecule has 0 fully saturated rings. The second kappa shape index (κ2) is 7.07. The number of fused-ring (bicyclic) bond motifs is 1. The van der Waals surface area contributed by atoms with Crippen LogP contribution in [0.4, 0.5) is 10.1 Å². The van der Waals surface area contributed by atoms with Gasteiger partial charge in [-0.3, -0.25) is 4.79 Å². The first-order chi connectivity index (χ1) is 13.8. The van der Waals surface area contributed by atoms with E-state index in [4.69, 9.17) is 4.42 Å². The number of rotatable bonds is 4. The zero-order chi connectivity index (χ0) is 20.7. The molecule has 3 aromatic heterocycles. The average molecular weight is 396 g/mol. The average Bonchev–Trinajstić information content (AvgIpc) is 3.24. The Hall–Kier alpha value is -3.64. The van der Waals surface area contributed by atoms with Crippen molar-refractivity contribution in [3.63, 3.8) is 0 Å². The van der Waals surface area contributed by atoms with E-state index in [1.165, 1.54) is 35.0 Å². The molecule has 0 radical (unpaired) electrons. The number of hydrogen-bond donors (Lipinski definition) is 3. The number of anilines is 1. The lowest BCUT2D eigenvalue weighted by atomic mass is 9.86. The summed E-state index contributed by atoms with van der Waals surface area (Å²) in [5.41, 5.74) is 0.760. The molecular weight excluding hydrogens is 382 g/mol. The smallest absolute Gasteiger partial charge is 0.436 e. The first-order valence-corrected chi connectivity index (χ1v) is 8.46. The molecule has 12 heteroatoms. The topological polar surface area (TPSA) is 139 Å². The Bertz CT molecular complexity index is 1240. The van der Waals surface area contributed by atoms with Crippen molar-refractivity contribution in [3.05, 3.63) is 53.6 Å². The Kier molecular flexibility index (Phi) is 4.56. The highest BCUT2D eigenvalue weighted by Crippen LogP contribution is 2.24. The van der Waals surface area contributed by atoms with Gasteiger partial charge >= 0.3 is 7.12 Å². The molecule has 0 saturated heterocycles. The maximum atomic E-state index is 14.4. The third kappa shape index (κ3) is 3.58. The number of halogens is 1. The lowest BCUT2D eigenvalue weighted by Crippen LogP contribution is -2.33. The summed E-state index contributed by atoms with van der Waals surface area (Å²) in [5, 5.41) is 25.2. The standard InChI is InChI=1S/C17H14BFN6O4/c1-8-14(29-9(2)20-8)16(26)21-10-3-4-12(19)11(7-10)15-23-17-22-13(18(27)28)5-6-25(17)24-15/h3-7,27-28H,1-2H3,(H,21,26). The van der Waals surface area contributed by atoms with Crippen molar-refractivity contribution < 1.29 is 23.7 Å². The monoisotopic (exact) mass is 396 g/mol. The molecule has 0 atom stereocenters. The van der Waals surface area contributed by atoms with Gasteiger partial charge in [-0.25, -0.2) is 18.9 Å². The molecule has 0 aliphatic heterocycles.